The topological polar surface area (TPSA) is 79.6 Å². The molecule has 1 heterocycles. The SMILES string of the molecule is CC(C)NC(=O)[C@H]1CC[C@@H](Nc2cc(OCCN3CCCCC3)ccc2N)CC1. The molecule has 2 aliphatic rings. The van der Waals surface area contributed by atoms with Crippen molar-refractivity contribution >= 4 is 17.3 Å². The number of anilines is 2. The molecule has 1 saturated carbocycles. The maximum absolute atomic E-state index is 12.2. The van der Waals surface area contributed by atoms with Gasteiger partial charge in [-0.05, 0) is 77.6 Å². The van der Waals surface area contributed by atoms with E-state index in [1.54, 1.807) is 0 Å². The van der Waals surface area contributed by atoms with Crippen molar-refractivity contribution in [3.05, 3.63) is 18.2 Å². The maximum Gasteiger partial charge on any atom is 0.223 e. The predicted molar refractivity (Wildman–Crippen MR) is 119 cm³/mol. The molecule has 0 bridgehead atoms. The van der Waals surface area contributed by atoms with Crippen molar-refractivity contribution in [2.45, 2.75) is 70.9 Å². The number of ether oxygens (including phenoxy) is 1. The number of piperidine rings is 1. The second-order valence-corrected chi connectivity index (χ2v) is 8.86. The van der Waals surface area contributed by atoms with Crippen LogP contribution in [-0.2, 0) is 4.79 Å². The highest BCUT2D eigenvalue weighted by molar-refractivity contribution is 5.79. The van der Waals surface area contributed by atoms with Gasteiger partial charge >= 0.3 is 0 Å². The van der Waals surface area contributed by atoms with Crippen LogP contribution in [0, 0.1) is 5.92 Å². The lowest BCUT2D eigenvalue weighted by molar-refractivity contribution is -0.126. The van der Waals surface area contributed by atoms with Crippen molar-refractivity contribution in [1.82, 2.24) is 10.2 Å². The number of nitrogens with two attached hydrogens (primary N) is 1. The predicted octanol–water partition coefficient (Wildman–Crippen LogP) is 3.63. The average Bonchev–Trinajstić information content (AvgIpc) is 2.71. The third-order valence-corrected chi connectivity index (χ3v) is 6.04. The molecular weight excluding hydrogens is 364 g/mol. The highest BCUT2D eigenvalue weighted by atomic mass is 16.5. The van der Waals surface area contributed by atoms with E-state index in [0.29, 0.717) is 12.6 Å². The van der Waals surface area contributed by atoms with Gasteiger partial charge < -0.3 is 21.1 Å². The molecule has 6 heteroatoms. The van der Waals surface area contributed by atoms with Crippen LogP contribution in [0.4, 0.5) is 11.4 Å². The summed E-state index contributed by atoms with van der Waals surface area (Å²) in [4.78, 5) is 14.7. The molecule has 3 rings (SSSR count). The molecule has 1 aromatic rings. The van der Waals surface area contributed by atoms with Gasteiger partial charge in [-0.3, -0.25) is 9.69 Å². The highest BCUT2D eigenvalue weighted by Gasteiger charge is 2.26. The van der Waals surface area contributed by atoms with Gasteiger partial charge in [0.15, 0.2) is 0 Å². The van der Waals surface area contributed by atoms with Gasteiger partial charge in [0.05, 0.1) is 11.4 Å². The number of amides is 1. The van der Waals surface area contributed by atoms with Crippen LogP contribution < -0.4 is 21.1 Å². The van der Waals surface area contributed by atoms with Crippen molar-refractivity contribution in [3.8, 4) is 5.75 Å². The fraction of sp³-hybridized carbons (Fsp3) is 0.696. The third kappa shape index (κ3) is 6.81. The van der Waals surface area contributed by atoms with Crippen molar-refractivity contribution in [1.29, 1.82) is 0 Å². The van der Waals surface area contributed by atoms with E-state index >= 15 is 0 Å². The van der Waals surface area contributed by atoms with E-state index in [2.05, 4.69) is 15.5 Å². The van der Waals surface area contributed by atoms with E-state index in [-0.39, 0.29) is 17.9 Å². The van der Waals surface area contributed by atoms with Crippen molar-refractivity contribution in [3.63, 3.8) is 0 Å². The van der Waals surface area contributed by atoms with E-state index < -0.39 is 0 Å². The summed E-state index contributed by atoms with van der Waals surface area (Å²) < 4.78 is 5.99. The lowest BCUT2D eigenvalue weighted by Gasteiger charge is -2.30. The Morgan fingerprint density at radius 1 is 1.17 bits per heavy atom. The van der Waals surface area contributed by atoms with Gasteiger partial charge in [-0.25, -0.2) is 0 Å². The molecule has 162 valence electrons. The zero-order valence-electron chi connectivity index (χ0n) is 18.1. The number of nitrogens with zero attached hydrogens (tertiary/aromatic N) is 1. The van der Waals surface area contributed by atoms with Crippen LogP contribution >= 0.6 is 0 Å². The molecule has 0 radical (unpaired) electrons. The van der Waals surface area contributed by atoms with E-state index in [0.717, 1.165) is 49.4 Å². The van der Waals surface area contributed by atoms with Crippen LogP contribution in [0.15, 0.2) is 18.2 Å². The smallest absolute Gasteiger partial charge is 0.223 e. The Morgan fingerprint density at radius 2 is 1.90 bits per heavy atom. The minimum absolute atomic E-state index is 0.136. The van der Waals surface area contributed by atoms with Crippen LogP contribution in [0.25, 0.3) is 0 Å². The number of carbonyl (C=O) groups is 1. The summed E-state index contributed by atoms with van der Waals surface area (Å²) in [6.45, 7) is 8.09. The molecule has 29 heavy (non-hydrogen) atoms. The second kappa shape index (κ2) is 10.7. The summed E-state index contributed by atoms with van der Waals surface area (Å²) in [6.07, 6.45) is 7.76. The van der Waals surface area contributed by atoms with E-state index in [1.807, 2.05) is 32.0 Å². The monoisotopic (exact) mass is 402 g/mol. The van der Waals surface area contributed by atoms with Gasteiger partial charge in [-0.15, -0.1) is 0 Å². The van der Waals surface area contributed by atoms with Crippen LogP contribution in [0.5, 0.6) is 5.75 Å². The van der Waals surface area contributed by atoms with Gasteiger partial charge in [0.1, 0.15) is 12.4 Å². The summed E-state index contributed by atoms with van der Waals surface area (Å²) in [6, 6.07) is 6.44. The van der Waals surface area contributed by atoms with E-state index in [9.17, 15) is 4.79 Å². The molecule has 0 atom stereocenters. The normalized spacial score (nSPS) is 23.0. The quantitative estimate of drug-likeness (QED) is 0.579. The Balaban J connectivity index is 1.45. The highest BCUT2D eigenvalue weighted by Crippen LogP contribution is 2.30. The van der Waals surface area contributed by atoms with Crippen LogP contribution in [0.3, 0.4) is 0 Å². The number of nitrogens with one attached hydrogen (secondary N) is 2. The summed E-state index contributed by atoms with van der Waals surface area (Å²) in [5.74, 6) is 1.20. The number of carbonyl (C=O) groups excluding carboxylic acids is 1. The zero-order chi connectivity index (χ0) is 20.6. The summed E-state index contributed by atoms with van der Waals surface area (Å²) in [7, 11) is 0. The van der Waals surface area contributed by atoms with Crippen molar-refractivity contribution in [2.75, 3.05) is 37.3 Å². The summed E-state index contributed by atoms with van der Waals surface area (Å²) in [5, 5.41) is 6.62. The number of rotatable bonds is 8. The molecule has 4 N–H and O–H groups in total. The first-order valence-electron chi connectivity index (χ1n) is 11.3. The van der Waals surface area contributed by atoms with Gasteiger partial charge in [0.25, 0.3) is 0 Å². The lowest BCUT2D eigenvalue weighted by Crippen LogP contribution is -2.38. The van der Waals surface area contributed by atoms with E-state index in [1.165, 1.54) is 32.4 Å². The number of benzene rings is 1. The minimum Gasteiger partial charge on any atom is -0.492 e. The molecule has 1 aromatic carbocycles. The van der Waals surface area contributed by atoms with Gasteiger partial charge in [0.2, 0.25) is 5.91 Å². The number of likely N-dealkylation sites (tertiary alicyclic amines) is 1. The standard InChI is InChI=1S/C23H38N4O2/c1-17(2)25-23(28)18-6-8-19(9-7-18)26-22-16-20(10-11-21(22)24)29-15-14-27-12-4-3-5-13-27/h10-11,16-19,26H,3-9,12-15,24H2,1-2H3,(H,25,28)/t18-,19+. The number of nitrogen functional groups attached to an aromatic ring is 1. The Labute approximate surface area is 175 Å². The van der Waals surface area contributed by atoms with E-state index in [4.69, 9.17) is 10.5 Å². The summed E-state index contributed by atoms with van der Waals surface area (Å²) >= 11 is 0. The average molecular weight is 403 g/mol. The molecular formula is C23H38N4O2. The Bertz CT molecular complexity index is 650. The van der Waals surface area contributed by atoms with Crippen LogP contribution in [-0.4, -0.2) is 49.1 Å². The molecule has 1 amide bonds. The first-order chi connectivity index (χ1) is 14.0. The largest absolute Gasteiger partial charge is 0.492 e. The molecule has 6 nitrogen and oxygen atoms in total. The number of hydrogen-bond acceptors (Lipinski definition) is 5. The van der Waals surface area contributed by atoms with Gasteiger partial charge in [-0.1, -0.05) is 6.42 Å². The molecule has 2 fully saturated rings. The van der Waals surface area contributed by atoms with Crippen molar-refractivity contribution in [2.24, 2.45) is 5.92 Å². The van der Waals surface area contributed by atoms with Crippen LogP contribution in [0.1, 0.15) is 58.8 Å². The van der Waals surface area contributed by atoms with Crippen LogP contribution in [0.2, 0.25) is 0 Å². The first-order valence-corrected chi connectivity index (χ1v) is 11.3. The molecule has 1 saturated heterocycles. The first kappa shape index (κ1) is 21.8. The molecule has 0 unspecified atom stereocenters. The Hall–Kier alpha value is -1.95. The Kier molecular flexibility index (Phi) is 8.04. The minimum atomic E-state index is 0.136. The second-order valence-electron chi connectivity index (χ2n) is 8.86. The summed E-state index contributed by atoms with van der Waals surface area (Å²) in [5.41, 5.74) is 7.88. The fourth-order valence-electron chi connectivity index (χ4n) is 4.35. The fourth-order valence-corrected chi connectivity index (χ4v) is 4.35. The number of hydrogen-bond donors (Lipinski definition) is 3. The maximum atomic E-state index is 12.2. The lowest BCUT2D eigenvalue weighted by atomic mass is 9.85. The van der Waals surface area contributed by atoms with Gasteiger partial charge in [-0.2, -0.15) is 0 Å². The molecule has 1 aliphatic carbocycles. The zero-order valence-corrected chi connectivity index (χ0v) is 18.1. The molecule has 0 spiro atoms. The third-order valence-electron chi connectivity index (χ3n) is 6.04. The molecule has 1 aliphatic heterocycles. The molecule has 0 aromatic heterocycles. The Morgan fingerprint density at radius 3 is 2.59 bits per heavy atom. The van der Waals surface area contributed by atoms with Gasteiger partial charge in [0, 0.05) is 30.6 Å². The van der Waals surface area contributed by atoms with Crippen molar-refractivity contribution < 1.29 is 9.53 Å².